The van der Waals surface area contributed by atoms with E-state index in [1.54, 1.807) is 0 Å². The number of carbonyl (C=O) groups excluding carboxylic acids is 2. The third kappa shape index (κ3) is 10.0. The van der Waals surface area contributed by atoms with Gasteiger partial charge in [0.25, 0.3) is 5.91 Å². The molecule has 6 rings (SSSR count). The number of benzene rings is 3. The molecule has 1 aromatic heterocycles. The predicted octanol–water partition coefficient (Wildman–Crippen LogP) is 9.47. The van der Waals surface area contributed by atoms with E-state index in [1.807, 2.05) is 36.7 Å². The van der Waals surface area contributed by atoms with Crippen molar-refractivity contribution in [3.63, 3.8) is 0 Å². The molecule has 1 atom stereocenters. The van der Waals surface area contributed by atoms with Crippen LogP contribution in [0.4, 0.5) is 18.9 Å². The SMILES string of the molecule is CC[C@H]1CC[C@H](C2CC=C(c3cnc(-c4ccc(CN(CC(=O)O)C(=O)c5ccc(NC(=O)Cc6ccc(C(F)(F)F)cc6)cc5)cc4)nc3)CC2)CC1. The van der Waals surface area contributed by atoms with Gasteiger partial charge < -0.3 is 15.3 Å². The first-order chi connectivity index (χ1) is 25.9. The van der Waals surface area contributed by atoms with Crippen molar-refractivity contribution in [1.29, 1.82) is 0 Å². The number of aromatic nitrogens is 2. The lowest BCUT2D eigenvalue weighted by atomic mass is 9.71. The van der Waals surface area contributed by atoms with Gasteiger partial charge in [0.05, 0.1) is 12.0 Å². The maximum Gasteiger partial charge on any atom is 0.416 e. The molecular formula is C43H45F3N4O4. The Morgan fingerprint density at radius 3 is 2.04 bits per heavy atom. The Morgan fingerprint density at radius 1 is 0.815 bits per heavy atom. The molecule has 3 aromatic carbocycles. The highest BCUT2D eigenvalue weighted by Gasteiger charge is 2.30. The Kier molecular flexibility index (Phi) is 12.2. The van der Waals surface area contributed by atoms with Crippen LogP contribution >= 0.6 is 0 Å². The highest BCUT2D eigenvalue weighted by Crippen LogP contribution is 2.41. The van der Waals surface area contributed by atoms with E-state index in [0.29, 0.717) is 17.1 Å². The lowest BCUT2D eigenvalue weighted by Crippen LogP contribution is -2.35. The number of carbonyl (C=O) groups is 3. The second-order valence-electron chi connectivity index (χ2n) is 14.5. The van der Waals surface area contributed by atoms with Crippen LogP contribution in [0.1, 0.15) is 90.9 Å². The van der Waals surface area contributed by atoms with Crippen LogP contribution < -0.4 is 5.32 Å². The summed E-state index contributed by atoms with van der Waals surface area (Å²) in [6.07, 6.45) is 11.8. The smallest absolute Gasteiger partial charge is 0.416 e. The van der Waals surface area contributed by atoms with Crippen molar-refractivity contribution in [2.75, 3.05) is 11.9 Å². The fourth-order valence-electron chi connectivity index (χ4n) is 7.68. The Labute approximate surface area is 313 Å². The fraction of sp³-hybridized carbons (Fsp3) is 0.372. The largest absolute Gasteiger partial charge is 0.480 e. The van der Waals surface area contributed by atoms with Gasteiger partial charge in [-0.3, -0.25) is 14.4 Å². The number of rotatable bonds is 12. The van der Waals surface area contributed by atoms with Crippen LogP contribution in [0.5, 0.6) is 0 Å². The normalized spacial score (nSPS) is 18.7. The van der Waals surface area contributed by atoms with Crippen molar-refractivity contribution in [3.8, 4) is 11.4 Å². The minimum absolute atomic E-state index is 0.0476. The van der Waals surface area contributed by atoms with Crippen molar-refractivity contribution in [3.05, 3.63) is 119 Å². The summed E-state index contributed by atoms with van der Waals surface area (Å²) in [5.41, 5.74) is 4.12. The zero-order valence-corrected chi connectivity index (χ0v) is 30.3. The number of aliphatic carboxylic acids is 1. The van der Waals surface area contributed by atoms with Crippen LogP contribution in [-0.4, -0.2) is 44.3 Å². The molecule has 1 heterocycles. The van der Waals surface area contributed by atoms with Crippen LogP contribution in [0.25, 0.3) is 17.0 Å². The van der Waals surface area contributed by atoms with Gasteiger partial charge in [-0.2, -0.15) is 13.2 Å². The molecule has 2 N–H and O–H groups in total. The van der Waals surface area contributed by atoms with Gasteiger partial charge in [0.2, 0.25) is 5.91 Å². The summed E-state index contributed by atoms with van der Waals surface area (Å²) >= 11 is 0. The number of hydrogen-bond donors (Lipinski definition) is 2. The number of hydrogen-bond acceptors (Lipinski definition) is 5. The van der Waals surface area contributed by atoms with E-state index in [-0.39, 0.29) is 18.5 Å². The molecule has 0 radical (unpaired) electrons. The monoisotopic (exact) mass is 738 g/mol. The number of allylic oxidation sites excluding steroid dienone is 2. The van der Waals surface area contributed by atoms with Crippen LogP contribution in [-0.2, 0) is 28.7 Å². The van der Waals surface area contributed by atoms with E-state index in [4.69, 9.17) is 0 Å². The molecule has 0 spiro atoms. The van der Waals surface area contributed by atoms with Crippen LogP contribution in [0, 0.1) is 17.8 Å². The summed E-state index contributed by atoms with van der Waals surface area (Å²) in [4.78, 5) is 48.1. The lowest BCUT2D eigenvalue weighted by molar-refractivity contribution is -0.138. The molecule has 2 aliphatic carbocycles. The predicted molar refractivity (Wildman–Crippen MR) is 201 cm³/mol. The molecule has 8 nitrogen and oxygen atoms in total. The van der Waals surface area contributed by atoms with Crippen LogP contribution in [0.3, 0.4) is 0 Å². The first-order valence-electron chi connectivity index (χ1n) is 18.6. The molecule has 0 bridgehead atoms. The number of nitrogens with one attached hydrogen (secondary N) is 1. The van der Waals surface area contributed by atoms with Gasteiger partial charge in [0.15, 0.2) is 5.82 Å². The third-order valence-corrected chi connectivity index (χ3v) is 10.9. The topological polar surface area (TPSA) is 112 Å². The van der Waals surface area contributed by atoms with Gasteiger partial charge >= 0.3 is 12.1 Å². The molecule has 1 saturated carbocycles. The van der Waals surface area contributed by atoms with Gasteiger partial charge in [-0.25, -0.2) is 9.97 Å². The summed E-state index contributed by atoms with van der Waals surface area (Å²) in [5.74, 6) is 1.03. The van der Waals surface area contributed by atoms with Crippen molar-refractivity contribution in [1.82, 2.24) is 14.9 Å². The Balaban J connectivity index is 1.02. The highest BCUT2D eigenvalue weighted by atomic mass is 19.4. The molecule has 282 valence electrons. The number of carboxylic acid groups (broad SMARTS) is 1. The van der Waals surface area contributed by atoms with Crippen LogP contribution in [0.15, 0.2) is 91.3 Å². The number of carboxylic acids is 1. The molecule has 0 aliphatic heterocycles. The van der Waals surface area contributed by atoms with Gasteiger partial charge in [0.1, 0.15) is 6.54 Å². The summed E-state index contributed by atoms with van der Waals surface area (Å²) < 4.78 is 38.5. The first kappa shape index (κ1) is 38.4. The van der Waals surface area contributed by atoms with Crippen LogP contribution in [0.2, 0.25) is 0 Å². The third-order valence-electron chi connectivity index (χ3n) is 10.9. The van der Waals surface area contributed by atoms with E-state index < -0.39 is 36.1 Å². The molecule has 11 heteroatoms. The maximum absolute atomic E-state index is 13.4. The second kappa shape index (κ2) is 17.2. The van der Waals surface area contributed by atoms with Gasteiger partial charge in [-0.1, -0.05) is 68.7 Å². The van der Waals surface area contributed by atoms with E-state index >= 15 is 0 Å². The van der Waals surface area contributed by atoms with Crippen molar-refractivity contribution in [2.24, 2.45) is 17.8 Å². The Hall–Kier alpha value is -5.32. The zero-order valence-electron chi connectivity index (χ0n) is 30.3. The average molecular weight is 739 g/mol. The molecule has 2 amide bonds. The quantitative estimate of drug-likeness (QED) is 0.150. The van der Waals surface area contributed by atoms with Gasteiger partial charge in [-0.05, 0) is 103 Å². The van der Waals surface area contributed by atoms with Crippen molar-refractivity contribution in [2.45, 2.75) is 77.4 Å². The van der Waals surface area contributed by atoms with E-state index in [9.17, 15) is 32.7 Å². The summed E-state index contributed by atoms with van der Waals surface area (Å²) in [5, 5.41) is 12.2. The van der Waals surface area contributed by atoms with Crippen molar-refractivity contribution < 1.29 is 32.7 Å². The van der Waals surface area contributed by atoms with Crippen molar-refractivity contribution >= 4 is 29.0 Å². The lowest BCUT2D eigenvalue weighted by Gasteiger charge is -2.35. The summed E-state index contributed by atoms with van der Waals surface area (Å²) in [6.45, 7) is 1.84. The number of amides is 2. The number of alkyl halides is 3. The molecule has 1 unspecified atom stereocenters. The standard InChI is InChI=1S/C43H45F3N4O4/c1-2-28-3-9-31(10-4-28)32-13-15-33(16-14-32)36-24-47-41(48-25-36)34-11-5-30(6-12-34)26-50(27-40(52)53)42(54)35-17-21-38(22-18-35)49-39(51)23-29-7-19-37(20-8-29)43(44,45)46/h5-8,11-12,15,17-22,24-25,28,31-32H,2-4,9-10,13-14,16,23,26-27H2,1H3,(H,49,51)(H,52,53)/t28-,31-,32?. The Morgan fingerprint density at radius 2 is 1.46 bits per heavy atom. The fourth-order valence-corrected chi connectivity index (χ4v) is 7.68. The molecular weight excluding hydrogens is 693 g/mol. The molecule has 4 aromatic rings. The number of halogens is 3. The van der Waals surface area contributed by atoms with Gasteiger partial charge in [0, 0.05) is 41.3 Å². The Bertz CT molecular complexity index is 1940. The second-order valence-corrected chi connectivity index (χ2v) is 14.5. The summed E-state index contributed by atoms with van der Waals surface area (Å²) in [7, 11) is 0. The first-order valence-corrected chi connectivity index (χ1v) is 18.6. The molecule has 54 heavy (non-hydrogen) atoms. The molecule has 0 saturated heterocycles. The summed E-state index contributed by atoms with van der Waals surface area (Å²) in [6, 6.07) is 17.7. The molecule has 1 fully saturated rings. The minimum Gasteiger partial charge on any atom is -0.480 e. The minimum atomic E-state index is -4.46. The van der Waals surface area contributed by atoms with Gasteiger partial charge in [-0.15, -0.1) is 0 Å². The average Bonchev–Trinajstić information content (AvgIpc) is 3.18. The zero-order chi connectivity index (χ0) is 38.2. The number of anilines is 1. The molecule has 2 aliphatic rings. The van der Waals surface area contributed by atoms with E-state index in [2.05, 4.69) is 28.3 Å². The maximum atomic E-state index is 13.4. The number of nitrogens with zero attached hydrogens (tertiary/aromatic N) is 3. The van der Waals surface area contributed by atoms with E-state index in [1.165, 1.54) is 85.4 Å². The highest BCUT2D eigenvalue weighted by molar-refractivity contribution is 5.97. The van der Waals surface area contributed by atoms with E-state index in [0.717, 1.165) is 59.4 Å².